The van der Waals surface area contributed by atoms with Crippen LogP contribution >= 0.6 is 22.7 Å². The number of nitrogens with zero attached hydrogens (tertiary/aromatic N) is 4. The van der Waals surface area contributed by atoms with Crippen molar-refractivity contribution in [3.8, 4) is 21.4 Å². The minimum absolute atomic E-state index is 0.0394. The van der Waals surface area contributed by atoms with E-state index in [1.807, 2.05) is 23.8 Å². The van der Waals surface area contributed by atoms with Gasteiger partial charge >= 0.3 is 0 Å². The fraction of sp³-hybridized carbons (Fsp3) is 0.250. The molecule has 3 rings (SSSR count). The topological polar surface area (TPSA) is 63.8 Å². The Morgan fingerprint density at radius 1 is 1.32 bits per heavy atom. The molecule has 98 valence electrons. The van der Waals surface area contributed by atoms with Gasteiger partial charge in [0.25, 0.3) is 0 Å². The second-order valence-corrected chi connectivity index (χ2v) is 5.75. The van der Waals surface area contributed by atoms with Gasteiger partial charge in [-0.05, 0) is 18.4 Å². The summed E-state index contributed by atoms with van der Waals surface area (Å²) >= 11 is 3.26. The Labute approximate surface area is 118 Å². The summed E-state index contributed by atoms with van der Waals surface area (Å²) in [5, 5.41) is 18.3. The second kappa shape index (κ2) is 5.20. The highest BCUT2D eigenvalue weighted by Crippen LogP contribution is 2.30. The molecule has 3 aromatic heterocycles. The summed E-state index contributed by atoms with van der Waals surface area (Å²) in [4.78, 5) is 10.1. The monoisotopic (exact) mass is 292 g/mol. The van der Waals surface area contributed by atoms with Gasteiger partial charge in [-0.25, -0.2) is 14.6 Å². The molecule has 0 amide bonds. The molecule has 7 heteroatoms. The van der Waals surface area contributed by atoms with Crippen LogP contribution in [0.15, 0.2) is 22.9 Å². The molecule has 0 atom stereocenters. The molecule has 0 aliphatic rings. The Kier molecular flexibility index (Phi) is 3.41. The van der Waals surface area contributed by atoms with E-state index in [9.17, 15) is 0 Å². The first-order valence-corrected chi connectivity index (χ1v) is 7.56. The second-order valence-electron chi connectivity index (χ2n) is 3.94. The van der Waals surface area contributed by atoms with Gasteiger partial charge in [0, 0.05) is 5.38 Å². The van der Waals surface area contributed by atoms with Crippen LogP contribution < -0.4 is 0 Å². The van der Waals surface area contributed by atoms with Crippen LogP contribution in [0.5, 0.6) is 0 Å². The Morgan fingerprint density at radius 2 is 2.21 bits per heavy atom. The number of rotatable bonds is 4. The zero-order chi connectivity index (χ0) is 13.2. The van der Waals surface area contributed by atoms with Crippen molar-refractivity contribution in [3.63, 3.8) is 0 Å². The highest BCUT2D eigenvalue weighted by atomic mass is 32.1. The van der Waals surface area contributed by atoms with Crippen LogP contribution in [0.1, 0.15) is 5.82 Å². The molecule has 0 radical (unpaired) electrons. The molecule has 0 aliphatic carbocycles. The number of aliphatic hydroxyl groups excluding tert-OH is 1. The number of thiazole rings is 1. The number of aromatic nitrogens is 4. The lowest BCUT2D eigenvalue weighted by atomic mass is 10.4. The Hall–Kier alpha value is -1.57. The largest absolute Gasteiger partial charge is 0.394 e. The van der Waals surface area contributed by atoms with Crippen LogP contribution in [0.4, 0.5) is 0 Å². The molecule has 0 bridgehead atoms. The fourth-order valence-electron chi connectivity index (χ4n) is 1.79. The Bertz CT molecular complexity index is 672. The molecule has 0 aliphatic heterocycles. The van der Waals surface area contributed by atoms with Crippen LogP contribution in [-0.2, 0) is 6.54 Å². The lowest BCUT2D eigenvalue weighted by molar-refractivity contribution is 0.270. The highest BCUT2D eigenvalue weighted by molar-refractivity contribution is 7.20. The van der Waals surface area contributed by atoms with Crippen molar-refractivity contribution in [1.29, 1.82) is 0 Å². The zero-order valence-corrected chi connectivity index (χ0v) is 11.9. The Morgan fingerprint density at radius 3 is 2.95 bits per heavy atom. The van der Waals surface area contributed by atoms with E-state index >= 15 is 0 Å². The molecule has 0 saturated carbocycles. The van der Waals surface area contributed by atoms with E-state index in [0.29, 0.717) is 18.2 Å². The molecule has 3 heterocycles. The van der Waals surface area contributed by atoms with Crippen LogP contribution in [0, 0.1) is 6.92 Å². The van der Waals surface area contributed by atoms with Gasteiger partial charge in [-0.2, -0.15) is 5.10 Å². The van der Waals surface area contributed by atoms with Gasteiger partial charge in [0.2, 0.25) is 0 Å². The number of aryl methyl sites for hydroxylation is 1. The van der Waals surface area contributed by atoms with Gasteiger partial charge in [-0.1, -0.05) is 6.07 Å². The number of hydrogen-bond acceptors (Lipinski definition) is 6. The predicted molar refractivity (Wildman–Crippen MR) is 76.3 cm³/mol. The van der Waals surface area contributed by atoms with E-state index in [0.717, 1.165) is 15.6 Å². The number of aliphatic hydroxyl groups is 1. The molecular formula is C12H12N4OS2. The molecule has 3 aromatic rings. The molecule has 1 N–H and O–H groups in total. The van der Waals surface area contributed by atoms with E-state index < -0.39 is 0 Å². The minimum Gasteiger partial charge on any atom is -0.394 e. The van der Waals surface area contributed by atoms with E-state index in [1.54, 1.807) is 27.4 Å². The molecule has 0 saturated heterocycles. The lowest BCUT2D eigenvalue weighted by Gasteiger charge is -2.00. The summed E-state index contributed by atoms with van der Waals surface area (Å²) in [6, 6.07) is 4.07. The summed E-state index contributed by atoms with van der Waals surface area (Å²) in [7, 11) is 0. The third kappa shape index (κ3) is 2.44. The smallest absolute Gasteiger partial charge is 0.178 e. The van der Waals surface area contributed by atoms with Gasteiger partial charge in [0.1, 0.15) is 16.5 Å². The van der Waals surface area contributed by atoms with Crippen molar-refractivity contribution in [3.05, 3.63) is 28.7 Å². The van der Waals surface area contributed by atoms with Gasteiger partial charge < -0.3 is 5.11 Å². The van der Waals surface area contributed by atoms with E-state index in [1.165, 1.54) is 0 Å². The summed E-state index contributed by atoms with van der Waals surface area (Å²) in [5.41, 5.74) is 0.808. The van der Waals surface area contributed by atoms with Crippen LogP contribution in [0.2, 0.25) is 0 Å². The van der Waals surface area contributed by atoms with E-state index in [4.69, 9.17) is 5.11 Å². The number of hydrogen-bond donors (Lipinski definition) is 1. The average Bonchev–Trinajstić information content (AvgIpc) is 3.07. The summed E-state index contributed by atoms with van der Waals surface area (Å²) < 4.78 is 1.70. The van der Waals surface area contributed by atoms with Gasteiger partial charge in [-0.3, -0.25) is 0 Å². The van der Waals surface area contributed by atoms with Gasteiger partial charge in [0.05, 0.1) is 18.0 Å². The predicted octanol–water partition coefficient (Wildman–Crippen LogP) is 2.43. The van der Waals surface area contributed by atoms with Crippen molar-refractivity contribution in [1.82, 2.24) is 19.7 Å². The third-order valence-electron chi connectivity index (χ3n) is 2.55. The molecule has 5 nitrogen and oxygen atoms in total. The van der Waals surface area contributed by atoms with Crippen molar-refractivity contribution in [2.45, 2.75) is 13.5 Å². The van der Waals surface area contributed by atoms with Crippen molar-refractivity contribution in [2.24, 2.45) is 0 Å². The maximum Gasteiger partial charge on any atom is 0.178 e. The normalized spacial score (nSPS) is 11.1. The van der Waals surface area contributed by atoms with Gasteiger partial charge in [0.15, 0.2) is 5.82 Å². The van der Waals surface area contributed by atoms with Crippen LogP contribution in [-0.4, -0.2) is 31.5 Å². The molecule has 19 heavy (non-hydrogen) atoms. The lowest BCUT2D eigenvalue weighted by Crippen LogP contribution is -2.06. The van der Waals surface area contributed by atoms with Gasteiger partial charge in [-0.15, -0.1) is 22.7 Å². The first-order chi connectivity index (χ1) is 9.28. The van der Waals surface area contributed by atoms with Crippen molar-refractivity contribution < 1.29 is 5.11 Å². The SMILES string of the molecule is Cc1nc(-c2csc(-c3cccs3)n2)n(CCO)n1. The maximum atomic E-state index is 9.05. The van der Waals surface area contributed by atoms with E-state index in [2.05, 4.69) is 21.1 Å². The van der Waals surface area contributed by atoms with Crippen LogP contribution in [0.3, 0.4) is 0 Å². The summed E-state index contributed by atoms with van der Waals surface area (Å²) in [6.45, 7) is 2.31. The minimum atomic E-state index is 0.0394. The summed E-state index contributed by atoms with van der Waals surface area (Å²) in [5.74, 6) is 1.40. The quantitative estimate of drug-likeness (QED) is 0.802. The first-order valence-electron chi connectivity index (χ1n) is 5.80. The molecule has 0 fully saturated rings. The molecular weight excluding hydrogens is 280 g/mol. The number of thiophene rings is 1. The summed E-state index contributed by atoms with van der Waals surface area (Å²) in [6.07, 6.45) is 0. The van der Waals surface area contributed by atoms with Crippen molar-refractivity contribution >= 4 is 22.7 Å². The van der Waals surface area contributed by atoms with E-state index in [-0.39, 0.29) is 6.61 Å². The van der Waals surface area contributed by atoms with Crippen LogP contribution in [0.25, 0.3) is 21.4 Å². The molecule has 0 spiro atoms. The maximum absolute atomic E-state index is 9.05. The fourth-order valence-corrected chi connectivity index (χ4v) is 3.40. The first kappa shape index (κ1) is 12.5. The van der Waals surface area contributed by atoms with Crippen molar-refractivity contribution in [2.75, 3.05) is 6.61 Å². The average molecular weight is 292 g/mol. The third-order valence-corrected chi connectivity index (χ3v) is 4.44. The molecule has 0 unspecified atom stereocenters. The highest BCUT2D eigenvalue weighted by Gasteiger charge is 2.14. The molecule has 0 aromatic carbocycles. The standard InChI is InChI=1S/C12H12N4OS2/c1-8-13-11(16(15-8)4-5-17)9-7-19-12(14-9)10-3-2-6-18-10/h2-3,6-7,17H,4-5H2,1H3. The zero-order valence-electron chi connectivity index (χ0n) is 10.3. The Balaban J connectivity index is 1.98.